The molecule has 1 aromatic rings. The predicted molar refractivity (Wildman–Crippen MR) is 125 cm³/mol. The van der Waals surface area contributed by atoms with Crippen LogP contribution in [0.15, 0.2) is 24.3 Å². The van der Waals surface area contributed by atoms with Gasteiger partial charge in [0.15, 0.2) is 5.79 Å². The van der Waals surface area contributed by atoms with Crippen molar-refractivity contribution in [3.8, 4) is 5.75 Å². The van der Waals surface area contributed by atoms with Gasteiger partial charge in [0.25, 0.3) is 0 Å². The van der Waals surface area contributed by atoms with Gasteiger partial charge in [0.05, 0.1) is 33.5 Å². The number of ether oxygens (including phenoxy) is 5. The number of carbonyl (C=O) groups is 1. The van der Waals surface area contributed by atoms with E-state index in [0.29, 0.717) is 26.1 Å². The molecule has 4 rings (SSSR count). The lowest BCUT2D eigenvalue weighted by molar-refractivity contribution is -0.379. The monoisotopic (exact) mass is 477 g/mol. The molecule has 3 aliphatic heterocycles. The highest BCUT2D eigenvalue weighted by Crippen LogP contribution is 2.48. The van der Waals surface area contributed by atoms with Crippen LogP contribution in [0.5, 0.6) is 5.75 Å². The third kappa shape index (κ3) is 5.57. The molecule has 8 heteroatoms. The van der Waals surface area contributed by atoms with Crippen molar-refractivity contribution in [3.63, 3.8) is 0 Å². The second-order valence-electron chi connectivity index (χ2n) is 11.3. The minimum absolute atomic E-state index is 0.255. The topological polar surface area (TPSA) is 79.0 Å². The molecule has 3 heterocycles. The average molecular weight is 478 g/mol. The Morgan fingerprint density at radius 3 is 2.15 bits per heavy atom. The number of esters is 1. The predicted octanol–water partition coefficient (Wildman–Crippen LogP) is 3.51. The molecule has 0 radical (unpaired) electrons. The number of epoxide rings is 1. The molecule has 8 nitrogen and oxygen atoms in total. The molecule has 1 unspecified atom stereocenters. The van der Waals surface area contributed by atoms with Crippen LogP contribution < -0.4 is 4.74 Å². The van der Waals surface area contributed by atoms with Crippen LogP contribution in [0.2, 0.25) is 0 Å². The summed E-state index contributed by atoms with van der Waals surface area (Å²) >= 11 is 0. The number of methoxy groups -OCH3 is 1. The Labute approximate surface area is 202 Å². The summed E-state index contributed by atoms with van der Waals surface area (Å²) in [4.78, 5) is 18.5. The molecule has 0 saturated carbocycles. The largest absolute Gasteiger partial charge is 0.491 e. The zero-order chi connectivity index (χ0) is 24.6. The normalized spacial score (nSPS) is 26.7. The first kappa shape index (κ1) is 25.4. The van der Waals surface area contributed by atoms with E-state index in [1.807, 2.05) is 19.1 Å². The van der Waals surface area contributed by atoms with Crippen LogP contribution in [0.1, 0.15) is 53.0 Å². The maximum Gasteiger partial charge on any atom is 0.316 e. The van der Waals surface area contributed by atoms with E-state index in [4.69, 9.17) is 28.5 Å². The molecule has 0 aliphatic carbocycles. The van der Waals surface area contributed by atoms with E-state index in [0.717, 1.165) is 18.8 Å². The van der Waals surface area contributed by atoms with Crippen molar-refractivity contribution in [1.82, 2.24) is 5.06 Å². The molecule has 0 aromatic heterocycles. The van der Waals surface area contributed by atoms with Crippen LogP contribution in [0, 0.1) is 5.41 Å². The molecule has 0 amide bonds. The van der Waals surface area contributed by atoms with Gasteiger partial charge in [-0.05, 0) is 58.7 Å². The molecule has 3 fully saturated rings. The number of carbonyl (C=O) groups excluding carboxylic acids is 1. The van der Waals surface area contributed by atoms with Crippen LogP contribution in [0.4, 0.5) is 0 Å². The number of nitrogens with zero attached hydrogens (tertiary/aromatic N) is 1. The third-order valence-electron chi connectivity index (χ3n) is 6.86. The van der Waals surface area contributed by atoms with Crippen molar-refractivity contribution < 1.29 is 33.3 Å². The van der Waals surface area contributed by atoms with Gasteiger partial charge in [-0.3, -0.25) is 9.63 Å². The lowest BCUT2D eigenvalue weighted by Gasteiger charge is -2.59. The molecular weight excluding hydrogens is 438 g/mol. The number of benzene rings is 1. The second-order valence-corrected chi connectivity index (χ2v) is 11.3. The van der Waals surface area contributed by atoms with Gasteiger partial charge < -0.3 is 23.7 Å². The smallest absolute Gasteiger partial charge is 0.316 e. The summed E-state index contributed by atoms with van der Waals surface area (Å²) in [6, 6.07) is 8.15. The third-order valence-corrected chi connectivity index (χ3v) is 6.86. The molecule has 0 bridgehead atoms. The maximum absolute atomic E-state index is 12.2. The zero-order valence-electron chi connectivity index (χ0n) is 21.3. The minimum Gasteiger partial charge on any atom is -0.491 e. The first-order chi connectivity index (χ1) is 16.0. The SMILES string of the molecule is COC(=O)C1(C)COC2(CC(C)(C)N(OCCc3ccc(OCC4CO4)cc3)C(C)(C)C2)OC1. The molecule has 1 spiro atoms. The summed E-state index contributed by atoms with van der Waals surface area (Å²) < 4.78 is 28.4. The van der Waals surface area contributed by atoms with Crippen molar-refractivity contribution in [2.75, 3.05) is 40.1 Å². The van der Waals surface area contributed by atoms with Gasteiger partial charge in [0.2, 0.25) is 0 Å². The van der Waals surface area contributed by atoms with Gasteiger partial charge in [-0.25, -0.2) is 0 Å². The Morgan fingerprint density at radius 2 is 1.62 bits per heavy atom. The number of hydrogen-bond acceptors (Lipinski definition) is 8. The summed E-state index contributed by atoms with van der Waals surface area (Å²) in [5, 5.41) is 2.10. The van der Waals surface area contributed by atoms with Crippen molar-refractivity contribution in [2.24, 2.45) is 5.41 Å². The Hall–Kier alpha value is -1.71. The number of hydrogen-bond donors (Lipinski definition) is 0. The molecule has 190 valence electrons. The number of rotatable bonds is 8. The molecule has 34 heavy (non-hydrogen) atoms. The highest BCUT2D eigenvalue weighted by molar-refractivity contribution is 5.76. The van der Waals surface area contributed by atoms with Crippen LogP contribution in [-0.4, -0.2) is 74.1 Å². The Bertz CT molecular complexity index is 834. The quantitative estimate of drug-likeness (QED) is 0.416. The fraction of sp³-hybridized carbons (Fsp3) is 0.731. The van der Waals surface area contributed by atoms with Gasteiger partial charge in [0, 0.05) is 23.9 Å². The minimum atomic E-state index is -0.784. The zero-order valence-corrected chi connectivity index (χ0v) is 21.3. The van der Waals surface area contributed by atoms with E-state index in [1.165, 1.54) is 12.7 Å². The van der Waals surface area contributed by atoms with E-state index in [2.05, 4.69) is 44.9 Å². The molecule has 0 N–H and O–H groups in total. The fourth-order valence-electron chi connectivity index (χ4n) is 5.29. The van der Waals surface area contributed by atoms with E-state index < -0.39 is 11.2 Å². The summed E-state index contributed by atoms with van der Waals surface area (Å²) in [7, 11) is 1.40. The van der Waals surface area contributed by atoms with E-state index in [-0.39, 0.29) is 36.4 Å². The highest BCUT2D eigenvalue weighted by Gasteiger charge is 2.58. The molecule has 1 atom stereocenters. The number of hydroxylamine groups is 2. The molecular formula is C26H39NO7. The highest BCUT2D eigenvalue weighted by atomic mass is 16.7. The Kier molecular flexibility index (Phi) is 7.01. The molecule has 3 aliphatic rings. The second kappa shape index (κ2) is 9.39. The van der Waals surface area contributed by atoms with Gasteiger partial charge in [0.1, 0.15) is 23.9 Å². The van der Waals surface area contributed by atoms with E-state index in [9.17, 15) is 4.79 Å². The van der Waals surface area contributed by atoms with Crippen molar-refractivity contribution >= 4 is 5.97 Å². The first-order valence-electron chi connectivity index (χ1n) is 12.1. The first-order valence-corrected chi connectivity index (χ1v) is 12.1. The lowest BCUT2D eigenvalue weighted by Crippen LogP contribution is -2.68. The standard InChI is InChI=1S/C26H39NO7/c1-23(2)15-26(32-17-25(5,18-33-26)22(28)29-6)16-24(3,4)27(23)34-12-11-19-7-9-20(10-8-19)30-13-21-14-31-21/h7-10,21H,11-18H2,1-6H3. The number of piperidine rings is 1. The fourth-order valence-corrected chi connectivity index (χ4v) is 5.29. The van der Waals surface area contributed by atoms with Crippen molar-refractivity contribution in [2.45, 2.75) is 76.9 Å². The summed E-state index contributed by atoms with van der Waals surface area (Å²) in [5.74, 6) is -0.195. The van der Waals surface area contributed by atoms with Crippen LogP contribution in [0.25, 0.3) is 0 Å². The Balaban J connectivity index is 1.32. The molecule has 3 saturated heterocycles. The van der Waals surface area contributed by atoms with Gasteiger partial charge >= 0.3 is 5.97 Å². The van der Waals surface area contributed by atoms with Gasteiger partial charge in [-0.15, -0.1) is 0 Å². The van der Waals surface area contributed by atoms with Crippen molar-refractivity contribution in [1.29, 1.82) is 0 Å². The van der Waals surface area contributed by atoms with E-state index in [1.54, 1.807) is 0 Å². The van der Waals surface area contributed by atoms with Gasteiger partial charge in [-0.1, -0.05) is 12.1 Å². The Morgan fingerprint density at radius 1 is 1.03 bits per heavy atom. The van der Waals surface area contributed by atoms with E-state index >= 15 is 0 Å². The van der Waals surface area contributed by atoms with Crippen LogP contribution in [-0.2, 0) is 35.0 Å². The van der Waals surface area contributed by atoms with Crippen molar-refractivity contribution in [3.05, 3.63) is 29.8 Å². The molecule has 1 aromatic carbocycles. The van der Waals surface area contributed by atoms with Gasteiger partial charge in [-0.2, -0.15) is 5.06 Å². The summed E-state index contributed by atoms with van der Waals surface area (Å²) in [6.45, 7) is 12.9. The maximum atomic E-state index is 12.2. The summed E-state index contributed by atoms with van der Waals surface area (Å²) in [5.41, 5.74) is -0.249. The van der Waals surface area contributed by atoms with Crippen LogP contribution >= 0.6 is 0 Å². The lowest BCUT2D eigenvalue weighted by atomic mass is 9.77. The van der Waals surface area contributed by atoms with Crippen LogP contribution in [0.3, 0.4) is 0 Å². The summed E-state index contributed by atoms with van der Waals surface area (Å²) in [6.07, 6.45) is 2.32. The average Bonchev–Trinajstić information content (AvgIpc) is 3.61.